The van der Waals surface area contributed by atoms with E-state index in [0.717, 1.165) is 22.6 Å². The highest BCUT2D eigenvalue weighted by Crippen LogP contribution is 2.22. The van der Waals surface area contributed by atoms with Gasteiger partial charge in [-0.05, 0) is 44.2 Å². The lowest BCUT2D eigenvalue weighted by atomic mass is 10.1. The Kier molecular flexibility index (Phi) is 5.26. The molecule has 150 valence electrons. The first-order valence-corrected chi connectivity index (χ1v) is 9.45. The van der Waals surface area contributed by atoms with Crippen molar-refractivity contribution >= 4 is 28.7 Å². The van der Waals surface area contributed by atoms with Crippen molar-refractivity contribution in [1.29, 1.82) is 0 Å². The quantitative estimate of drug-likeness (QED) is 0.493. The van der Waals surface area contributed by atoms with Crippen LogP contribution in [-0.4, -0.2) is 33.4 Å². The zero-order chi connectivity index (χ0) is 21.1. The number of amides is 1. The summed E-state index contributed by atoms with van der Waals surface area (Å²) in [5, 5.41) is 2.60. The van der Waals surface area contributed by atoms with Crippen molar-refractivity contribution in [3.63, 3.8) is 0 Å². The third kappa shape index (κ3) is 4.35. The van der Waals surface area contributed by atoms with Crippen LogP contribution in [0.3, 0.4) is 0 Å². The van der Waals surface area contributed by atoms with Crippen LogP contribution in [0, 0.1) is 13.8 Å². The average molecular weight is 400 g/mol. The molecule has 0 bridgehead atoms. The molecule has 4 aromatic rings. The minimum Gasteiger partial charge on any atom is -0.452 e. The Hall–Kier alpha value is -4.00. The molecule has 0 unspecified atom stereocenters. The van der Waals surface area contributed by atoms with Crippen LogP contribution >= 0.6 is 0 Å². The van der Waals surface area contributed by atoms with Crippen molar-refractivity contribution in [1.82, 2.24) is 15.0 Å². The smallest absolute Gasteiger partial charge is 0.338 e. The van der Waals surface area contributed by atoms with E-state index in [1.807, 2.05) is 44.2 Å². The second kappa shape index (κ2) is 8.16. The number of benzene rings is 2. The number of nitrogens with zero attached hydrogens (tertiary/aromatic N) is 2. The van der Waals surface area contributed by atoms with E-state index in [2.05, 4.69) is 20.3 Å². The fraction of sp³-hybridized carbons (Fsp3) is 0.130. The van der Waals surface area contributed by atoms with E-state index in [1.165, 1.54) is 5.56 Å². The Bertz CT molecular complexity index is 1230. The summed E-state index contributed by atoms with van der Waals surface area (Å²) < 4.78 is 5.13. The number of nitrogens with one attached hydrogen (secondary N) is 2. The normalized spacial score (nSPS) is 10.7. The van der Waals surface area contributed by atoms with Crippen LogP contribution in [0.15, 0.2) is 60.7 Å². The Morgan fingerprint density at radius 1 is 1.00 bits per heavy atom. The van der Waals surface area contributed by atoms with Gasteiger partial charge < -0.3 is 15.0 Å². The van der Waals surface area contributed by atoms with Gasteiger partial charge in [0.2, 0.25) is 0 Å². The van der Waals surface area contributed by atoms with Gasteiger partial charge in [0.25, 0.3) is 5.91 Å². The van der Waals surface area contributed by atoms with Crippen LogP contribution < -0.4 is 5.32 Å². The number of aryl methyl sites for hydroxylation is 2. The van der Waals surface area contributed by atoms with Crippen LogP contribution in [0.5, 0.6) is 0 Å². The topological polar surface area (TPSA) is 97.0 Å². The first kappa shape index (κ1) is 19.3. The van der Waals surface area contributed by atoms with E-state index in [-0.39, 0.29) is 0 Å². The van der Waals surface area contributed by atoms with E-state index >= 15 is 0 Å². The number of rotatable bonds is 5. The van der Waals surface area contributed by atoms with Gasteiger partial charge in [-0.25, -0.2) is 14.8 Å². The van der Waals surface area contributed by atoms with Crippen LogP contribution in [-0.2, 0) is 9.53 Å². The number of fused-ring (bicyclic) bond motifs is 1. The number of ether oxygens (including phenoxy) is 1. The second-order valence-electron chi connectivity index (χ2n) is 6.97. The first-order chi connectivity index (χ1) is 14.5. The third-order valence-corrected chi connectivity index (χ3v) is 4.53. The Labute approximate surface area is 173 Å². The van der Waals surface area contributed by atoms with Gasteiger partial charge in [0.15, 0.2) is 6.61 Å². The highest BCUT2D eigenvalue weighted by molar-refractivity contribution is 5.97. The van der Waals surface area contributed by atoms with E-state index in [4.69, 9.17) is 4.74 Å². The lowest BCUT2D eigenvalue weighted by molar-refractivity contribution is -0.119. The number of H-pyrrole nitrogens is 1. The highest BCUT2D eigenvalue weighted by atomic mass is 16.5. The number of aromatic nitrogens is 3. The number of esters is 1. The van der Waals surface area contributed by atoms with Crippen LogP contribution in [0.4, 0.5) is 5.82 Å². The summed E-state index contributed by atoms with van der Waals surface area (Å²) in [6.45, 7) is 3.45. The van der Waals surface area contributed by atoms with Gasteiger partial charge in [-0.15, -0.1) is 0 Å². The second-order valence-corrected chi connectivity index (χ2v) is 6.97. The Morgan fingerprint density at radius 2 is 1.80 bits per heavy atom. The molecule has 0 atom stereocenters. The van der Waals surface area contributed by atoms with E-state index in [9.17, 15) is 9.59 Å². The zero-order valence-corrected chi connectivity index (χ0v) is 16.6. The molecule has 0 aliphatic heterocycles. The molecule has 0 spiro atoms. The average Bonchev–Trinajstić information content (AvgIpc) is 3.16. The summed E-state index contributed by atoms with van der Waals surface area (Å²) >= 11 is 0. The maximum Gasteiger partial charge on any atom is 0.338 e. The predicted molar refractivity (Wildman–Crippen MR) is 114 cm³/mol. The van der Waals surface area contributed by atoms with Crippen molar-refractivity contribution in [3.05, 3.63) is 77.5 Å². The molecule has 0 saturated heterocycles. The molecule has 2 aromatic carbocycles. The molecule has 0 fully saturated rings. The highest BCUT2D eigenvalue weighted by Gasteiger charge is 2.13. The standard InChI is InChI=1S/C23H20N4O3/c1-14-6-8-16(9-7-14)22-25-18-11-10-17(12-19(18)26-22)23(29)30-13-21(28)27-20-5-3-4-15(2)24-20/h3-12H,13H2,1-2H3,(H,25,26)(H,24,27,28). The van der Waals surface area contributed by atoms with Gasteiger partial charge in [-0.2, -0.15) is 0 Å². The molecule has 0 saturated carbocycles. The Morgan fingerprint density at radius 3 is 2.57 bits per heavy atom. The maximum atomic E-state index is 12.4. The van der Waals surface area contributed by atoms with Crippen LogP contribution in [0.25, 0.3) is 22.4 Å². The fourth-order valence-electron chi connectivity index (χ4n) is 2.99. The third-order valence-electron chi connectivity index (χ3n) is 4.53. The molecule has 30 heavy (non-hydrogen) atoms. The van der Waals surface area contributed by atoms with Crippen molar-refractivity contribution in [2.75, 3.05) is 11.9 Å². The fourth-order valence-corrected chi connectivity index (χ4v) is 2.99. The lowest BCUT2D eigenvalue weighted by Gasteiger charge is -2.06. The molecule has 2 N–H and O–H groups in total. The van der Waals surface area contributed by atoms with E-state index < -0.39 is 18.5 Å². The van der Waals surface area contributed by atoms with Crippen molar-refractivity contribution in [2.24, 2.45) is 0 Å². The molecule has 0 aliphatic carbocycles. The first-order valence-electron chi connectivity index (χ1n) is 9.45. The van der Waals surface area contributed by atoms with Gasteiger partial charge in [0.1, 0.15) is 11.6 Å². The van der Waals surface area contributed by atoms with Gasteiger partial charge >= 0.3 is 5.97 Å². The molecular weight excluding hydrogens is 380 g/mol. The van der Waals surface area contributed by atoms with Crippen LogP contribution in [0.1, 0.15) is 21.6 Å². The molecular formula is C23H20N4O3. The zero-order valence-electron chi connectivity index (χ0n) is 16.6. The minimum atomic E-state index is -0.587. The molecule has 7 nitrogen and oxygen atoms in total. The van der Waals surface area contributed by atoms with Crippen molar-refractivity contribution in [3.8, 4) is 11.4 Å². The molecule has 0 aliphatic rings. The van der Waals surface area contributed by atoms with Gasteiger partial charge in [-0.1, -0.05) is 35.9 Å². The molecule has 0 radical (unpaired) electrons. The van der Waals surface area contributed by atoms with Crippen LogP contribution in [0.2, 0.25) is 0 Å². The number of anilines is 1. The molecule has 1 amide bonds. The number of aromatic amines is 1. The molecule has 2 aromatic heterocycles. The molecule has 4 rings (SSSR count). The maximum absolute atomic E-state index is 12.4. The SMILES string of the molecule is Cc1ccc(-c2nc3ccc(C(=O)OCC(=O)Nc4cccc(C)n4)cc3[nH]2)cc1. The summed E-state index contributed by atoms with van der Waals surface area (Å²) in [6, 6.07) is 18.3. The van der Waals surface area contributed by atoms with E-state index in [1.54, 1.807) is 30.3 Å². The van der Waals surface area contributed by atoms with Gasteiger partial charge in [0.05, 0.1) is 16.6 Å². The minimum absolute atomic E-state index is 0.336. The molecule has 2 heterocycles. The van der Waals surface area contributed by atoms with E-state index in [0.29, 0.717) is 16.9 Å². The number of hydrogen-bond donors (Lipinski definition) is 2. The lowest BCUT2D eigenvalue weighted by Crippen LogP contribution is -2.21. The summed E-state index contributed by atoms with van der Waals surface area (Å²) in [4.78, 5) is 36.3. The van der Waals surface area contributed by atoms with Gasteiger partial charge in [0, 0.05) is 11.3 Å². The number of imidazole rings is 1. The largest absolute Gasteiger partial charge is 0.452 e. The van der Waals surface area contributed by atoms with Gasteiger partial charge in [-0.3, -0.25) is 4.79 Å². The Balaban J connectivity index is 1.43. The number of carbonyl (C=O) groups is 2. The summed E-state index contributed by atoms with van der Waals surface area (Å²) in [5.41, 5.74) is 4.70. The summed E-state index contributed by atoms with van der Waals surface area (Å²) in [5.74, 6) is 0.0978. The van der Waals surface area contributed by atoms with Crippen molar-refractivity contribution < 1.29 is 14.3 Å². The van der Waals surface area contributed by atoms with Crippen molar-refractivity contribution in [2.45, 2.75) is 13.8 Å². The molecule has 7 heteroatoms. The summed E-state index contributed by atoms with van der Waals surface area (Å²) in [7, 11) is 0. The number of hydrogen-bond acceptors (Lipinski definition) is 5. The number of carbonyl (C=O) groups excluding carboxylic acids is 2. The summed E-state index contributed by atoms with van der Waals surface area (Å²) in [6.07, 6.45) is 0. The number of pyridine rings is 1. The monoisotopic (exact) mass is 400 g/mol. The predicted octanol–water partition coefficient (Wildman–Crippen LogP) is 4.04.